The van der Waals surface area contributed by atoms with Crippen LogP contribution in [-0.4, -0.2) is 30.8 Å². The number of thiocarbonyl (C=S) groups is 1. The van der Waals surface area contributed by atoms with E-state index >= 15 is 0 Å². The molecular weight excluding hydrogens is 301 g/mol. The molecule has 0 saturated carbocycles. The molecule has 0 bridgehead atoms. The summed E-state index contributed by atoms with van der Waals surface area (Å²) < 4.78 is 64.4. The lowest BCUT2D eigenvalue weighted by Gasteiger charge is -2.23. The van der Waals surface area contributed by atoms with Crippen LogP contribution in [-0.2, 0) is 10.0 Å². The molecule has 1 atom stereocenters. The Morgan fingerprint density at radius 3 is 2.11 bits per heavy atom. The summed E-state index contributed by atoms with van der Waals surface area (Å²) in [5, 5.41) is 0. The van der Waals surface area contributed by atoms with Crippen LogP contribution in [0.1, 0.15) is 6.92 Å². The first-order valence-corrected chi connectivity index (χ1v) is 6.85. The monoisotopic (exact) mass is 312 g/mol. The van der Waals surface area contributed by atoms with Gasteiger partial charge in [-0.25, -0.2) is 21.6 Å². The van der Waals surface area contributed by atoms with Crippen molar-refractivity contribution in [2.45, 2.75) is 17.9 Å². The third-order valence-corrected chi connectivity index (χ3v) is 4.88. The fraction of sp³-hybridized carbons (Fsp3) is 0.300. The fourth-order valence-electron chi connectivity index (χ4n) is 1.31. The molecule has 1 aromatic carbocycles. The summed E-state index contributed by atoms with van der Waals surface area (Å²) in [4.78, 5) is -1.39. The Kier molecular flexibility index (Phi) is 4.54. The first-order valence-electron chi connectivity index (χ1n) is 5.01. The molecule has 2 N–H and O–H groups in total. The molecule has 0 aromatic heterocycles. The minimum absolute atomic E-state index is 0.158. The highest BCUT2D eigenvalue weighted by atomic mass is 32.2. The van der Waals surface area contributed by atoms with Crippen molar-refractivity contribution in [3.63, 3.8) is 0 Å². The van der Waals surface area contributed by atoms with Gasteiger partial charge < -0.3 is 5.73 Å². The van der Waals surface area contributed by atoms with Gasteiger partial charge in [-0.3, -0.25) is 0 Å². The van der Waals surface area contributed by atoms with Crippen molar-refractivity contribution in [1.82, 2.24) is 4.31 Å². The van der Waals surface area contributed by atoms with E-state index in [-0.39, 0.29) is 17.1 Å². The summed E-state index contributed by atoms with van der Waals surface area (Å²) in [6, 6.07) is -0.367. The van der Waals surface area contributed by atoms with Crippen LogP contribution in [0.2, 0.25) is 0 Å². The predicted molar refractivity (Wildman–Crippen MR) is 67.5 cm³/mol. The second kappa shape index (κ2) is 5.43. The van der Waals surface area contributed by atoms with E-state index in [0.717, 1.165) is 7.05 Å². The smallest absolute Gasteiger partial charge is 0.249 e. The molecule has 1 unspecified atom stereocenters. The maximum Gasteiger partial charge on any atom is 0.249 e. The van der Waals surface area contributed by atoms with Gasteiger partial charge in [-0.05, 0) is 6.92 Å². The number of sulfonamides is 1. The van der Waals surface area contributed by atoms with Crippen molar-refractivity contribution in [3.8, 4) is 0 Å². The molecule has 0 heterocycles. The minimum atomic E-state index is -4.51. The quantitative estimate of drug-likeness (QED) is 0.854. The topological polar surface area (TPSA) is 63.4 Å². The molecule has 0 saturated heterocycles. The molecule has 0 amide bonds. The summed E-state index contributed by atoms with van der Waals surface area (Å²) >= 11 is 4.62. The molecule has 0 aliphatic rings. The summed E-state index contributed by atoms with van der Waals surface area (Å²) in [7, 11) is -3.44. The maximum absolute atomic E-state index is 13.5. The van der Waals surface area contributed by atoms with Gasteiger partial charge in [0.15, 0.2) is 4.90 Å². The van der Waals surface area contributed by atoms with E-state index in [2.05, 4.69) is 12.2 Å². The third-order valence-electron chi connectivity index (χ3n) is 2.56. The molecule has 0 aliphatic heterocycles. The Hall–Kier alpha value is -1.19. The molecule has 19 heavy (non-hydrogen) atoms. The van der Waals surface area contributed by atoms with Crippen molar-refractivity contribution in [1.29, 1.82) is 0 Å². The van der Waals surface area contributed by atoms with Crippen LogP contribution in [0.25, 0.3) is 0 Å². The van der Waals surface area contributed by atoms with Gasteiger partial charge in [-0.2, -0.15) is 4.31 Å². The molecular formula is C10H11F3N2O2S2. The first kappa shape index (κ1) is 15.9. The first-order chi connectivity index (χ1) is 8.59. The Morgan fingerprint density at radius 1 is 1.32 bits per heavy atom. The van der Waals surface area contributed by atoms with Gasteiger partial charge in [0.2, 0.25) is 10.0 Å². The number of hydrogen-bond acceptors (Lipinski definition) is 3. The zero-order chi connectivity index (χ0) is 15.0. The summed E-state index contributed by atoms with van der Waals surface area (Å²) in [6.07, 6.45) is 0. The number of nitrogens with zero attached hydrogens (tertiary/aromatic N) is 1. The molecule has 0 radical (unpaired) electrons. The van der Waals surface area contributed by atoms with E-state index in [9.17, 15) is 21.6 Å². The van der Waals surface area contributed by atoms with E-state index in [1.54, 1.807) is 0 Å². The van der Waals surface area contributed by atoms with Crippen LogP contribution >= 0.6 is 12.2 Å². The van der Waals surface area contributed by atoms with Gasteiger partial charge in [0.05, 0.1) is 11.0 Å². The normalized spacial score (nSPS) is 13.6. The largest absolute Gasteiger partial charge is 0.392 e. The highest BCUT2D eigenvalue weighted by molar-refractivity contribution is 7.89. The average Bonchev–Trinajstić information content (AvgIpc) is 2.24. The lowest BCUT2D eigenvalue weighted by Crippen LogP contribution is -2.43. The second-order valence-electron chi connectivity index (χ2n) is 3.80. The molecule has 0 spiro atoms. The van der Waals surface area contributed by atoms with Crippen LogP contribution in [0, 0.1) is 17.5 Å². The van der Waals surface area contributed by atoms with E-state index in [1.165, 1.54) is 6.92 Å². The van der Waals surface area contributed by atoms with Crippen molar-refractivity contribution in [2.24, 2.45) is 5.73 Å². The zero-order valence-corrected chi connectivity index (χ0v) is 11.7. The van der Waals surface area contributed by atoms with Crippen LogP contribution in [0.3, 0.4) is 0 Å². The SMILES string of the molecule is CC(C(N)=S)N(C)S(=O)(=O)c1c(F)cc(F)cc1F. The highest BCUT2D eigenvalue weighted by Crippen LogP contribution is 2.24. The van der Waals surface area contributed by atoms with E-state index < -0.39 is 38.4 Å². The van der Waals surface area contributed by atoms with Crippen molar-refractivity contribution >= 4 is 27.2 Å². The lowest BCUT2D eigenvalue weighted by molar-refractivity contribution is 0.433. The summed E-state index contributed by atoms with van der Waals surface area (Å²) in [5.74, 6) is -4.24. The van der Waals surface area contributed by atoms with Crippen molar-refractivity contribution in [2.75, 3.05) is 7.05 Å². The second-order valence-corrected chi connectivity index (χ2v) is 6.20. The van der Waals surface area contributed by atoms with Crippen LogP contribution < -0.4 is 5.73 Å². The molecule has 106 valence electrons. The van der Waals surface area contributed by atoms with E-state index in [4.69, 9.17) is 5.73 Å². The number of rotatable bonds is 4. The maximum atomic E-state index is 13.5. The number of likely N-dealkylation sites (N-methyl/N-ethyl adjacent to an activating group) is 1. The van der Waals surface area contributed by atoms with Gasteiger partial charge in [-0.1, -0.05) is 12.2 Å². The standard InChI is InChI=1S/C10H11F3N2O2S2/c1-5(10(14)18)15(2)19(16,17)9-7(12)3-6(11)4-8(9)13/h3-5H,1-2H3,(H2,14,18). The van der Waals surface area contributed by atoms with Crippen molar-refractivity contribution < 1.29 is 21.6 Å². The lowest BCUT2D eigenvalue weighted by atomic mass is 10.3. The van der Waals surface area contributed by atoms with Crippen LogP contribution in [0.15, 0.2) is 17.0 Å². The van der Waals surface area contributed by atoms with Gasteiger partial charge in [0.1, 0.15) is 17.5 Å². The molecule has 1 aromatic rings. The van der Waals surface area contributed by atoms with Gasteiger partial charge in [-0.15, -0.1) is 0 Å². The summed E-state index contributed by atoms with van der Waals surface area (Å²) in [6.45, 7) is 1.36. The summed E-state index contributed by atoms with van der Waals surface area (Å²) in [5.41, 5.74) is 5.29. The van der Waals surface area contributed by atoms with Gasteiger partial charge in [0.25, 0.3) is 0 Å². The van der Waals surface area contributed by atoms with Crippen LogP contribution in [0.5, 0.6) is 0 Å². The Balaban J connectivity index is 3.40. The van der Waals surface area contributed by atoms with Gasteiger partial charge in [0, 0.05) is 19.2 Å². The Bertz CT molecular complexity index is 596. The molecule has 9 heteroatoms. The van der Waals surface area contributed by atoms with Gasteiger partial charge >= 0.3 is 0 Å². The van der Waals surface area contributed by atoms with E-state index in [0.29, 0.717) is 4.31 Å². The molecule has 0 aliphatic carbocycles. The number of nitrogens with two attached hydrogens (primary N) is 1. The fourth-order valence-corrected chi connectivity index (χ4v) is 2.96. The van der Waals surface area contributed by atoms with Crippen molar-refractivity contribution in [3.05, 3.63) is 29.6 Å². The average molecular weight is 312 g/mol. The number of halogens is 3. The molecule has 0 fully saturated rings. The number of hydrogen-bond donors (Lipinski definition) is 1. The minimum Gasteiger partial charge on any atom is -0.392 e. The third kappa shape index (κ3) is 3.04. The predicted octanol–water partition coefficient (Wildman–Crippen LogP) is 1.40. The Labute approximate surface area is 114 Å². The zero-order valence-electron chi connectivity index (χ0n) is 10.0. The van der Waals surface area contributed by atoms with E-state index in [1.807, 2.05) is 0 Å². The van der Waals surface area contributed by atoms with Crippen LogP contribution in [0.4, 0.5) is 13.2 Å². The highest BCUT2D eigenvalue weighted by Gasteiger charge is 2.32. The Morgan fingerprint density at radius 2 is 1.74 bits per heavy atom. The molecule has 1 rings (SSSR count). The number of benzene rings is 1. The molecule has 4 nitrogen and oxygen atoms in total.